The highest BCUT2D eigenvalue weighted by Gasteiger charge is 2.30. The van der Waals surface area contributed by atoms with Crippen molar-refractivity contribution in [3.8, 4) is 23.7 Å². The van der Waals surface area contributed by atoms with Crippen molar-refractivity contribution in [2.75, 3.05) is 12.4 Å². The molecule has 5 rings (SSSR count). The van der Waals surface area contributed by atoms with Crippen molar-refractivity contribution in [2.45, 2.75) is 37.0 Å². The summed E-state index contributed by atoms with van der Waals surface area (Å²) in [6.07, 6.45) is 3.82. The molecule has 0 saturated heterocycles. The van der Waals surface area contributed by atoms with Crippen molar-refractivity contribution in [3.05, 3.63) is 113 Å². The molecular formula is C36H28O6S. The van der Waals surface area contributed by atoms with Crippen LogP contribution < -0.4 is 0 Å². The smallest absolute Gasteiger partial charge is 0.339 e. The third kappa shape index (κ3) is 6.92. The number of benzene rings is 4. The molecule has 1 aliphatic rings. The number of esters is 1. The van der Waals surface area contributed by atoms with Gasteiger partial charge in [0.05, 0.1) is 10.5 Å². The zero-order valence-electron chi connectivity index (χ0n) is 23.4. The van der Waals surface area contributed by atoms with Gasteiger partial charge in [-0.15, -0.1) is 5.92 Å². The van der Waals surface area contributed by atoms with Gasteiger partial charge in [0.15, 0.2) is 28.0 Å². The van der Waals surface area contributed by atoms with Gasteiger partial charge in [0.2, 0.25) is 0 Å². The normalized spacial score (nSPS) is 11.9. The number of hydrogen-bond donors (Lipinski definition) is 0. The highest BCUT2D eigenvalue weighted by Crippen LogP contribution is 2.28. The summed E-state index contributed by atoms with van der Waals surface area (Å²) in [5.74, 6) is 10.2. The summed E-state index contributed by atoms with van der Waals surface area (Å²) in [4.78, 5) is 38.3. The van der Waals surface area contributed by atoms with E-state index < -0.39 is 15.8 Å². The molecule has 7 heteroatoms. The Morgan fingerprint density at radius 2 is 1.26 bits per heavy atom. The number of hydrogen-bond acceptors (Lipinski definition) is 6. The minimum absolute atomic E-state index is 0.0806. The molecule has 0 amide bonds. The fraction of sp³-hybridized carbons (Fsp3) is 0.194. The molecule has 0 saturated carbocycles. The molecule has 0 bridgehead atoms. The summed E-state index contributed by atoms with van der Waals surface area (Å²) in [5, 5.41) is 1.88. The Hall–Kier alpha value is -4.98. The second-order valence-electron chi connectivity index (χ2n) is 10.1. The quantitative estimate of drug-likeness (QED) is 0.122. The summed E-state index contributed by atoms with van der Waals surface area (Å²) in [6, 6.07) is 23.8. The first-order valence-electron chi connectivity index (χ1n) is 14.0. The van der Waals surface area contributed by atoms with Gasteiger partial charge >= 0.3 is 5.97 Å². The summed E-state index contributed by atoms with van der Waals surface area (Å²) < 4.78 is 30.4. The number of carbonyl (C=O) groups is 3. The summed E-state index contributed by atoms with van der Waals surface area (Å²) >= 11 is 0. The molecule has 0 radical (unpaired) electrons. The van der Waals surface area contributed by atoms with E-state index >= 15 is 0 Å². The van der Waals surface area contributed by atoms with Crippen molar-refractivity contribution < 1.29 is 27.5 Å². The Kier molecular flexibility index (Phi) is 9.15. The van der Waals surface area contributed by atoms with Gasteiger partial charge in [0, 0.05) is 35.1 Å². The standard InChI is InChI=1S/C36H28O6S/c37-34-30-16-10-11-17-31(30)35(38)33-25-28(19-21-32(33)34)36(39)42-22-12-6-4-2-1-3-5-7-13-23-43(40,41)29-20-18-26-14-8-9-15-27(26)24-29/h8-11,14-21,24-25H,1-5,22-23H2. The Morgan fingerprint density at radius 1 is 0.628 bits per heavy atom. The number of ketones is 2. The number of unbranched alkanes of at least 4 members (excludes halogenated alkanes) is 4. The first kappa shape index (κ1) is 29.5. The van der Waals surface area contributed by atoms with Gasteiger partial charge in [-0.25, -0.2) is 13.2 Å². The third-order valence-corrected chi connectivity index (χ3v) is 8.63. The minimum atomic E-state index is -3.46. The van der Waals surface area contributed by atoms with Gasteiger partial charge in [-0.1, -0.05) is 78.8 Å². The number of ether oxygens (including phenoxy) is 1. The maximum atomic E-state index is 12.9. The third-order valence-electron chi connectivity index (χ3n) is 7.13. The van der Waals surface area contributed by atoms with Gasteiger partial charge in [0.25, 0.3) is 0 Å². The zero-order valence-corrected chi connectivity index (χ0v) is 24.2. The highest BCUT2D eigenvalue weighted by atomic mass is 32.2. The fourth-order valence-electron chi connectivity index (χ4n) is 4.83. The van der Waals surface area contributed by atoms with Gasteiger partial charge in [-0.05, 0) is 53.9 Å². The van der Waals surface area contributed by atoms with Crippen LogP contribution in [0.3, 0.4) is 0 Å². The maximum Gasteiger partial charge on any atom is 0.339 e. The fourth-order valence-corrected chi connectivity index (χ4v) is 5.87. The van der Waals surface area contributed by atoms with E-state index in [1.54, 1.807) is 36.4 Å². The van der Waals surface area contributed by atoms with Crippen LogP contribution in [0.25, 0.3) is 10.8 Å². The second kappa shape index (κ2) is 13.3. The Bertz CT molecular complexity index is 1970. The van der Waals surface area contributed by atoms with Crippen LogP contribution in [0, 0.1) is 23.7 Å². The van der Waals surface area contributed by atoms with E-state index in [-0.39, 0.29) is 45.5 Å². The van der Waals surface area contributed by atoms with Gasteiger partial charge in [-0.3, -0.25) is 9.59 Å². The largest absolute Gasteiger partial charge is 0.449 e. The Morgan fingerprint density at radius 3 is 2.00 bits per heavy atom. The predicted molar refractivity (Wildman–Crippen MR) is 165 cm³/mol. The van der Waals surface area contributed by atoms with Crippen LogP contribution >= 0.6 is 0 Å². The summed E-state index contributed by atoms with van der Waals surface area (Å²) in [6.45, 7) is -0.0806. The molecule has 0 aliphatic heterocycles. The molecule has 4 aromatic rings. The van der Waals surface area contributed by atoms with Crippen LogP contribution in [-0.2, 0) is 14.6 Å². The first-order valence-corrected chi connectivity index (χ1v) is 15.6. The molecule has 0 heterocycles. The van der Waals surface area contributed by atoms with Crippen molar-refractivity contribution in [1.82, 2.24) is 0 Å². The van der Waals surface area contributed by atoms with Crippen LogP contribution in [0.2, 0.25) is 0 Å². The van der Waals surface area contributed by atoms with Crippen LogP contribution in [0.5, 0.6) is 0 Å². The van der Waals surface area contributed by atoms with E-state index in [1.807, 2.05) is 30.3 Å². The number of carbonyl (C=O) groups excluding carboxylic acids is 3. The monoisotopic (exact) mass is 588 g/mol. The molecular weight excluding hydrogens is 560 g/mol. The number of rotatable bonds is 8. The lowest BCUT2D eigenvalue weighted by Gasteiger charge is -2.17. The van der Waals surface area contributed by atoms with Crippen molar-refractivity contribution in [1.29, 1.82) is 0 Å². The lowest BCUT2D eigenvalue weighted by atomic mass is 9.83. The summed E-state index contributed by atoms with van der Waals surface area (Å²) in [7, 11) is -3.46. The van der Waals surface area contributed by atoms with Crippen molar-refractivity contribution in [3.63, 3.8) is 0 Å². The molecule has 0 atom stereocenters. The van der Waals surface area contributed by atoms with E-state index in [0.717, 1.165) is 30.0 Å². The van der Waals surface area contributed by atoms with Crippen LogP contribution in [0.15, 0.2) is 89.8 Å². The maximum absolute atomic E-state index is 12.9. The Labute approximate surface area is 251 Å². The molecule has 1 aliphatic carbocycles. The van der Waals surface area contributed by atoms with Crippen LogP contribution in [0.4, 0.5) is 0 Å². The molecule has 0 fully saturated rings. The number of fused-ring (bicyclic) bond motifs is 3. The van der Waals surface area contributed by atoms with Crippen LogP contribution in [-0.4, -0.2) is 38.3 Å². The van der Waals surface area contributed by atoms with Crippen molar-refractivity contribution in [2.24, 2.45) is 0 Å². The summed E-state index contributed by atoms with van der Waals surface area (Å²) in [5.41, 5.74) is 1.35. The lowest BCUT2D eigenvalue weighted by Crippen LogP contribution is -2.21. The van der Waals surface area contributed by atoms with Crippen LogP contribution in [0.1, 0.15) is 74.3 Å². The predicted octanol–water partition coefficient (Wildman–Crippen LogP) is 6.20. The van der Waals surface area contributed by atoms with E-state index in [1.165, 1.54) is 18.2 Å². The SMILES string of the molecule is O=C(OCC#CCCCCCC#CCS(=O)(=O)c1ccc2ccccc2c1)c1ccc2c(c1)C(=O)c1ccccc1C2=O. The molecule has 214 valence electrons. The van der Waals surface area contributed by atoms with E-state index in [9.17, 15) is 22.8 Å². The van der Waals surface area contributed by atoms with Gasteiger partial charge in [-0.2, -0.15) is 0 Å². The second-order valence-corrected chi connectivity index (χ2v) is 12.1. The van der Waals surface area contributed by atoms with Crippen molar-refractivity contribution >= 4 is 38.1 Å². The minimum Gasteiger partial charge on any atom is -0.449 e. The first-order chi connectivity index (χ1) is 20.8. The highest BCUT2D eigenvalue weighted by molar-refractivity contribution is 7.91. The molecule has 0 spiro atoms. The Balaban J connectivity index is 1.00. The molecule has 0 N–H and O–H groups in total. The molecule has 0 aromatic heterocycles. The number of sulfone groups is 1. The lowest BCUT2D eigenvalue weighted by molar-refractivity contribution is 0.0556. The van der Waals surface area contributed by atoms with Gasteiger partial charge in [0.1, 0.15) is 5.75 Å². The molecule has 0 unspecified atom stereocenters. The van der Waals surface area contributed by atoms with Gasteiger partial charge < -0.3 is 4.74 Å². The van der Waals surface area contributed by atoms with E-state index in [2.05, 4.69) is 23.7 Å². The molecule has 43 heavy (non-hydrogen) atoms. The molecule has 4 aromatic carbocycles. The van der Waals surface area contributed by atoms with E-state index in [0.29, 0.717) is 24.0 Å². The molecule has 6 nitrogen and oxygen atoms in total. The average Bonchev–Trinajstić information content (AvgIpc) is 3.03. The topological polar surface area (TPSA) is 94.6 Å². The van der Waals surface area contributed by atoms with E-state index in [4.69, 9.17) is 4.74 Å². The zero-order chi connectivity index (χ0) is 30.2. The average molecular weight is 589 g/mol.